The van der Waals surface area contributed by atoms with E-state index in [4.69, 9.17) is 16.7 Å². The van der Waals surface area contributed by atoms with E-state index in [0.29, 0.717) is 5.02 Å². The summed E-state index contributed by atoms with van der Waals surface area (Å²) >= 11 is 6.78. The third-order valence-corrected chi connectivity index (χ3v) is 7.94. The number of amides is 1. The van der Waals surface area contributed by atoms with Crippen molar-refractivity contribution in [3.8, 4) is 22.5 Å². The second-order valence-corrected chi connectivity index (χ2v) is 10.2. The Bertz CT molecular complexity index is 1560. The monoisotopic (exact) mass is 488 g/mol. The van der Waals surface area contributed by atoms with Gasteiger partial charge in [0.25, 0.3) is 5.56 Å². The van der Waals surface area contributed by atoms with E-state index in [2.05, 4.69) is 28.4 Å². The number of aromatic nitrogens is 5. The summed E-state index contributed by atoms with van der Waals surface area (Å²) in [6.45, 7) is 7.18. The summed E-state index contributed by atoms with van der Waals surface area (Å²) < 4.78 is 3.70. The minimum Gasteiger partial charge on any atom is -0.338 e. The molecule has 0 atom stereocenters. The van der Waals surface area contributed by atoms with E-state index in [-0.39, 0.29) is 22.9 Å². The smallest absolute Gasteiger partial charge is 0.250 e. The van der Waals surface area contributed by atoms with E-state index >= 15 is 0 Å². The molecule has 0 radical (unpaired) electrons. The predicted octanol–water partition coefficient (Wildman–Crippen LogP) is 4.10. The lowest BCUT2D eigenvalue weighted by molar-refractivity contribution is -0.149. The van der Waals surface area contributed by atoms with Gasteiger partial charge in [-0.1, -0.05) is 24.2 Å². The van der Waals surface area contributed by atoms with Gasteiger partial charge in [0.05, 0.1) is 23.4 Å². The van der Waals surface area contributed by atoms with Crippen LogP contribution in [0.25, 0.3) is 33.4 Å². The molecule has 35 heavy (non-hydrogen) atoms. The Kier molecular flexibility index (Phi) is 4.79. The second-order valence-electron chi connectivity index (χ2n) is 9.78. The summed E-state index contributed by atoms with van der Waals surface area (Å²) in [5.41, 5.74) is 5.14. The molecule has 3 aromatic heterocycles. The van der Waals surface area contributed by atoms with Gasteiger partial charge in [-0.3, -0.25) is 19.4 Å². The Morgan fingerprint density at radius 2 is 2.00 bits per heavy atom. The Morgan fingerprint density at radius 3 is 2.74 bits per heavy atom. The highest BCUT2D eigenvalue weighted by Crippen LogP contribution is 2.55. The van der Waals surface area contributed by atoms with Gasteiger partial charge in [-0.15, -0.1) is 0 Å². The molecule has 4 heterocycles. The van der Waals surface area contributed by atoms with Crippen LogP contribution in [0.5, 0.6) is 0 Å². The number of benzene rings is 1. The molecule has 2 fully saturated rings. The van der Waals surface area contributed by atoms with Crippen LogP contribution in [0.4, 0.5) is 0 Å². The summed E-state index contributed by atoms with van der Waals surface area (Å²) in [7, 11) is 1.76. The Labute approximate surface area is 206 Å². The zero-order valence-electron chi connectivity index (χ0n) is 19.6. The molecule has 0 bridgehead atoms. The van der Waals surface area contributed by atoms with Crippen LogP contribution in [-0.2, 0) is 11.8 Å². The van der Waals surface area contributed by atoms with Crippen LogP contribution in [-0.4, -0.2) is 48.4 Å². The third-order valence-electron chi connectivity index (χ3n) is 7.62. The molecule has 0 unspecified atom stereocenters. The molecule has 1 amide bonds. The quantitative estimate of drug-likeness (QED) is 0.438. The minimum atomic E-state index is -0.0997. The summed E-state index contributed by atoms with van der Waals surface area (Å²) in [6.07, 6.45) is 5.06. The predicted molar refractivity (Wildman–Crippen MR) is 135 cm³/mol. The number of nitrogens with one attached hydrogen (secondary N) is 1. The van der Waals surface area contributed by atoms with Gasteiger partial charge in [-0.05, 0) is 44.0 Å². The molecule has 1 N–H and O–H groups in total. The van der Waals surface area contributed by atoms with Gasteiger partial charge in [0.2, 0.25) is 5.91 Å². The molecule has 2 aliphatic rings. The fourth-order valence-electron chi connectivity index (χ4n) is 5.82. The van der Waals surface area contributed by atoms with Gasteiger partial charge in [0, 0.05) is 58.8 Å². The number of hydrogen-bond donors (Lipinski definition) is 1. The number of nitrogens with zero attached hydrogens (tertiary/aromatic N) is 5. The highest BCUT2D eigenvalue weighted by atomic mass is 35.5. The molecule has 1 saturated heterocycles. The summed E-state index contributed by atoms with van der Waals surface area (Å²) in [5, 5.41) is 13.8. The standard InChI is InChI=1S/C26H25ClN6O2/c1-4-21(34)32-13-26(14-32)10-16(11-26)33-15(2)23(24-17-12-28-29-19(17)9-8-18(24)27)25(30-33)20-6-5-7-22(35)31(20)3/h4-9,12,16H,1,10-11,13-14H2,2-3H3,(H,28,29). The maximum atomic E-state index is 12.5. The molecular formula is C26H25ClN6O2. The average molecular weight is 489 g/mol. The minimum absolute atomic E-state index is 0.00763. The zero-order chi connectivity index (χ0) is 24.5. The highest BCUT2D eigenvalue weighted by molar-refractivity contribution is 6.35. The van der Waals surface area contributed by atoms with Crippen molar-refractivity contribution >= 4 is 28.4 Å². The van der Waals surface area contributed by atoms with Crippen molar-refractivity contribution in [1.82, 2.24) is 29.4 Å². The van der Waals surface area contributed by atoms with Gasteiger partial charge >= 0.3 is 0 Å². The van der Waals surface area contributed by atoms with Gasteiger partial charge < -0.3 is 9.47 Å². The maximum absolute atomic E-state index is 12.5. The average Bonchev–Trinajstić information content (AvgIpc) is 3.39. The van der Waals surface area contributed by atoms with Crippen LogP contribution in [0.15, 0.2) is 54.0 Å². The molecule has 1 aliphatic carbocycles. The number of hydrogen-bond acceptors (Lipinski definition) is 4. The van der Waals surface area contributed by atoms with Gasteiger partial charge in [-0.2, -0.15) is 10.2 Å². The maximum Gasteiger partial charge on any atom is 0.250 e. The number of halogens is 1. The van der Waals surface area contributed by atoms with Crippen molar-refractivity contribution in [2.75, 3.05) is 13.1 Å². The van der Waals surface area contributed by atoms with Gasteiger partial charge in [0.1, 0.15) is 5.69 Å². The number of H-pyrrole nitrogens is 1. The van der Waals surface area contributed by atoms with Crippen molar-refractivity contribution in [1.29, 1.82) is 0 Å². The Balaban J connectivity index is 1.47. The van der Waals surface area contributed by atoms with Crippen LogP contribution < -0.4 is 5.56 Å². The zero-order valence-corrected chi connectivity index (χ0v) is 20.3. The lowest BCUT2D eigenvalue weighted by Crippen LogP contribution is -2.63. The fourth-order valence-corrected chi connectivity index (χ4v) is 6.08. The molecule has 8 nitrogen and oxygen atoms in total. The van der Waals surface area contributed by atoms with E-state index in [1.165, 1.54) is 6.08 Å². The summed E-state index contributed by atoms with van der Waals surface area (Å²) in [5.74, 6) is -0.00763. The number of rotatable bonds is 4. The first-order valence-electron chi connectivity index (χ1n) is 11.6. The van der Waals surface area contributed by atoms with Gasteiger partial charge in [-0.25, -0.2) is 0 Å². The first kappa shape index (κ1) is 21.9. The number of carbonyl (C=O) groups is 1. The number of fused-ring (bicyclic) bond motifs is 1. The third kappa shape index (κ3) is 3.20. The van der Waals surface area contributed by atoms with Crippen molar-refractivity contribution in [2.45, 2.75) is 25.8 Å². The summed E-state index contributed by atoms with van der Waals surface area (Å²) in [4.78, 5) is 26.2. The highest BCUT2D eigenvalue weighted by Gasteiger charge is 2.54. The second kappa shape index (κ2) is 7.68. The van der Waals surface area contributed by atoms with Crippen LogP contribution in [0, 0.1) is 12.3 Å². The molecule has 1 saturated carbocycles. The Morgan fingerprint density at radius 1 is 1.23 bits per heavy atom. The van der Waals surface area contributed by atoms with Crippen LogP contribution in [0.2, 0.25) is 5.02 Å². The number of aromatic amines is 1. The summed E-state index contributed by atoms with van der Waals surface area (Å²) in [6, 6.07) is 9.20. The fraction of sp³-hybridized carbons (Fsp3) is 0.308. The van der Waals surface area contributed by atoms with Crippen molar-refractivity contribution in [2.24, 2.45) is 12.5 Å². The lowest BCUT2D eigenvalue weighted by atomic mass is 9.60. The SMILES string of the molecule is C=CC(=O)N1CC2(CC(n3nc(-c4cccc(=O)n4C)c(-c4c(Cl)ccc5[nH]ncc45)c3C)C2)C1. The van der Waals surface area contributed by atoms with E-state index < -0.39 is 0 Å². The molecule has 9 heteroatoms. The van der Waals surface area contributed by atoms with E-state index in [9.17, 15) is 9.59 Å². The molecule has 1 spiro atoms. The van der Waals surface area contributed by atoms with Crippen molar-refractivity contribution in [3.63, 3.8) is 0 Å². The normalized spacial score (nSPS) is 16.9. The van der Waals surface area contributed by atoms with Gasteiger partial charge in [0.15, 0.2) is 0 Å². The largest absolute Gasteiger partial charge is 0.338 e. The van der Waals surface area contributed by atoms with Crippen molar-refractivity contribution in [3.05, 3.63) is 70.3 Å². The molecule has 4 aromatic rings. The molecule has 6 rings (SSSR count). The number of pyridine rings is 1. The number of likely N-dealkylation sites (tertiary alicyclic amines) is 1. The molecule has 178 valence electrons. The van der Waals surface area contributed by atoms with Crippen LogP contribution >= 0.6 is 11.6 Å². The van der Waals surface area contributed by atoms with Crippen LogP contribution in [0.3, 0.4) is 0 Å². The van der Waals surface area contributed by atoms with Crippen molar-refractivity contribution < 1.29 is 4.79 Å². The number of carbonyl (C=O) groups excluding carboxylic acids is 1. The topological polar surface area (TPSA) is 88.8 Å². The lowest BCUT2D eigenvalue weighted by Gasteiger charge is -2.58. The van der Waals surface area contributed by atoms with E-state index in [1.54, 1.807) is 29.9 Å². The molecular weight excluding hydrogens is 464 g/mol. The first-order chi connectivity index (χ1) is 16.8. The van der Waals surface area contributed by atoms with E-state index in [1.807, 2.05) is 23.1 Å². The molecule has 1 aliphatic heterocycles. The van der Waals surface area contributed by atoms with Crippen LogP contribution in [0.1, 0.15) is 24.6 Å². The molecule has 1 aromatic carbocycles. The first-order valence-corrected chi connectivity index (χ1v) is 12.0. The van der Waals surface area contributed by atoms with E-state index in [0.717, 1.165) is 65.0 Å². The Hall–Kier alpha value is -3.65.